The summed E-state index contributed by atoms with van der Waals surface area (Å²) in [5, 5.41) is 9.68. The zero-order valence-electron chi connectivity index (χ0n) is 15.5. The van der Waals surface area contributed by atoms with Crippen LogP contribution in [-0.2, 0) is 15.4 Å². The van der Waals surface area contributed by atoms with Crippen LogP contribution in [0.15, 0.2) is 41.3 Å². The molecule has 7 heteroatoms. The molecule has 0 aliphatic heterocycles. The Morgan fingerprint density at radius 3 is 2.08 bits per heavy atom. The molecule has 0 heterocycles. The van der Waals surface area contributed by atoms with Gasteiger partial charge in [-0.15, -0.1) is 4.83 Å². The van der Waals surface area contributed by atoms with E-state index in [-0.39, 0.29) is 21.6 Å². The molecule has 2 aromatic rings. The standard InChI is InChI=1S/C19H24N2O4S/c1-12-10-14(19(3,4)5)11-13(2)17(12)26(24,25)21-20-18(23)15-8-6-7-9-16(15)22/h6-11,21-22H,1-5H3,(H,20,23). The first kappa shape index (κ1) is 19.9. The second kappa shape index (κ2) is 7.09. The number of hydrazine groups is 1. The fraction of sp³-hybridized carbons (Fsp3) is 0.316. The number of aromatic hydroxyl groups is 1. The van der Waals surface area contributed by atoms with Crippen LogP contribution in [0.25, 0.3) is 0 Å². The maximum Gasteiger partial charge on any atom is 0.269 e. The minimum Gasteiger partial charge on any atom is -0.507 e. The maximum atomic E-state index is 12.7. The van der Waals surface area contributed by atoms with Crippen LogP contribution >= 0.6 is 0 Å². The van der Waals surface area contributed by atoms with Crippen LogP contribution in [0.5, 0.6) is 5.75 Å². The molecule has 2 rings (SSSR count). The highest BCUT2D eigenvalue weighted by Crippen LogP contribution is 2.29. The molecule has 0 spiro atoms. The number of nitrogens with one attached hydrogen (secondary N) is 2. The molecule has 0 fully saturated rings. The van der Waals surface area contributed by atoms with Crippen LogP contribution < -0.4 is 10.3 Å². The summed E-state index contributed by atoms with van der Waals surface area (Å²) in [6, 6.07) is 9.57. The van der Waals surface area contributed by atoms with E-state index >= 15 is 0 Å². The molecular weight excluding hydrogens is 352 g/mol. The Bertz CT molecular complexity index is 921. The predicted octanol–water partition coefficient (Wildman–Crippen LogP) is 2.93. The molecule has 0 unspecified atom stereocenters. The second-order valence-electron chi connectivity index (χ2n) is 7.27. The number of hydrogen-bond donors (Lipinski definition) is 3. The average Bonchev–Trinajstić information content (AvgIpc) is 2.51. The van der Waals surface area contributed by atoms with Crippen molar-refractivity contribution in [2.75, 3.05) is 0 Å². The molecule has 3 N–H and O–H groups in total. The third-order valence-electron chi connectivity index (χ3n) is 4.04. The van der Waals surface area contributed by atoms with Crippen molar-refractivity contribution in [3.05, 3.63) is 58.7 Å². The Morgan fingerprint density at radius 2 is 1.58 bits per heavy atom. The topological polar surface area (TPSA) is 95.5 Å². The van der Waals surface area contributed by atoms with Gasteiger partial charge >= 0.3 is 0 Å². The summed E-state index contributed by atoms with van der Waals surface area (Å²) in [6.45, 7) is 9.61. The molecule has 0 atom stereocenters. The Balaban J connectivity index is 2.28. The van der Waals surface area contributed by atoms with Gasteiger partial charge in [-0.1, -0.05) is 45.0 Å². The van der Waals surface area contributed by atoms with Gasteiger partial charge in [0.05, 0.1) is 10.5 Å². The molecule has 0 aliphatic carbocycles. The summed E-state index contributed by atoms with van der Waals surface area (Å²) in [4.78, 5) is 14.3. The van der Waals surface area contributed by atoms with Gasteiger partial charge in [0.25, 0.3) is 15.9 Å². The van der Waals surface area contributed by atoms with Gasteiger partial charge in [-0.2, -0.15) is 0 Å². The van der Waals surface area contributed by atoms with Crippen LogP contribution in [0.3, 0.4) is 0 Å². The first-order valence-electron chi connectivity index (χ1n) is 8.15. The van der Waals surface area contributed by atoms with Gasteiger partial charge < -0.3 is 5.11 Å². The first-order chi connectivity index (χ1) is 11.9. The molecule has 0 bridgehead atoms. The zero-order chi connectivity index (χ0) is 19.7. The second-order valence-corrected chi connectivity index (χ2v) is 8.89. The van der Waals surface area contributed by atoms with Crippen LogP contribution in [0.1, 0.15) is 47.8 Å². The van der Waals surface area contributed by atoms with Gasteiger partial charge in [0, 0.05) is 0 Å². The van der Waals surface area contributed by atoms with E-state index in [1.807, 2.05) is 12.1 Å². The van der Waals surface area contributed by atoms with E-state index in [2.05, 4.69) is 31.0 Å². The maximum absolute atomic E-state index is 12.7. The molecule has 1 amide bonds. The highest BCUT2D eigenvalue weighted by molar-refractivity contribution is 7.89. The predicted molar refractivity (Wildman–Crippen MR) is 101 cm³/mol. The van der Waals surface area contributed by atoms with Gasteiger partial charge in [0.15, 0.2) is 0 Å². The van der Waals surface area contributed by atoms with E-state index in [9.17, 15) is 18.3 Å². The van der Waals surface area contributed by atoms with E-state index in [0.29, 0.717) is 11.1 Å². The molecule has 0 aliphatic rings. The lowest BCUT2D eigenvalue weighted by molar-refractivity contribution is 0.0942. The summed E-state index contributed by atoms with van der Waals surface area (Å²) < 4.78 is 25.3. The number of sulfonamides is 1. The highest BCUT2D eigenvalue weighted by Gasteiger charge is 2.24. The number of phenolic OH excluding ortho intramolecular Hbond substituents is 1. The van der Waals surface area contributed by atoms with Crippen LogP contribution in [0.2, 0.25) is 0 Å². The average molecular weight is 376 g/mol. The monoisotopic (exact) mass is 376 g/mol. The number of carbonyl (C=O) groups is 1. The summed E-state index contributed by atoms with van der Waals surface area (Å²) in [5.74, 6) is -0.973. The zero-order valence-corrected chi connectivity index (χ0v) is 16.4. The molecule has 0 radical (unpaired) electrons. The largest absolute Gasteiger partial charge is 0.507 e. The summed E-state index contributed by atoms with van der Waals surface area (Å²) in [5.41, 5.74) is 4.24. The number of rotatable bonds is 4. The smallest absolute Gasteiger partial charge is 0.269 e. The van der Waals surface area contributed by atoms with Gasteiger partial charge in [-0.3, -0.25) is 10.2 Å². The third kappa shape index (κ3) is 4.23. The summed E-state index contributed by atoms with van der Waals surface area (Å²) >= 11 is 0. The van der Waals surface area contributed by atoms with Crippen LogP contribution in [0, 0.1) is 13.8 Å². The number of amides is 1. The summed E-state index contributed by atoms with van der Waals surface area (Å²) in [7, 11) is -3.96. The Morgan fingerprint density at radius 1 is 1.04 bits per heavy atom. The fourth-order valence-electron chi connectivity index (χ4n) is 2.70. The summed E-state index contributed by atoms with van der Waals surface area (Å²) in [6.07, 6.45) is 0. The molecule has 6 nitrogen and oxygen atoms in total. The Kier molecular flexibility index (Phi) is 5.44. The van der Waals surface area contributed by atoms with Crippen molar-refractivity contribution in [1.29, 1.82) is 0 Å². The number of hydrogen-bond acceptors (Lipinski definition) is 4. The van der Waals surface area contributed by atoms with Crippen molar-refractivity contribution >= 4 is 15.9 Å². The molecular formula is C19H24N2O4S. The van der Waals surface area contributed by atoms with Crippen LogP contribution in [0.4, 0.5) is 0 Å². The minimum atomic E-state index is -3.96. The van der Waals surface area contributed by atoms with E-state index < -0.39 is 15.9 Å². The van der Waals surface area contributed by atoms with Crippen molar-refractivity contribution in [3.63, 3.8) is 0 Å². The van der Waals surface area contributed by atoms with Crippen molar-refractivity contribution in [3.8, 4) is 5.75 Å². The van der Waals surface area contributed by atoms with Crippen molar-refractivity contribution in [1.82, 2.24) is 10.3 Å². The number of aryl methyl sites for hydroxylation is 2. The van der Waals surface area contributed by atoms with Gasteiger partial charge in [0.1, 0.15) is 5.75 Å². The first-order valence-corrected chi connectivity index (χ1v) is 9.63. The van der Waals surface area contributed by atoms with E-state index in [1.54, 1.807) is 26.0 Å². The van der Waals surface area contributed by atoms with Crippen molar-refractivity contribution in [2.24, 2.45) is 0 Å². The molecule has 26 heavy (non-hydrogen) atoms. The molecule has 0 saturated heterocycles. The molecule has 0 saturated carbocycles. The minimum absolute atomic E-state index is 0.0216. The number of benzene rings is 2. The van der Waals surface area contributed by atoms with Crippen molar-refractivity contribution < 1.29 is 18.3 Å². The SMILES string of the molecule is Cc1cc(C(C)(C)C)cc(C)c1S(=O)(=O)NNC(=O)c1ccccc1O. The lowest BCUT2D eigenvalue weighted by Gasteiger charge is -2.22. The Hall–Kier alpha value is -2.38. The van der Waals surface area contributed by atoms with Crippen molar-refractivity contribution in [2.45, 2.75) is 44.9 Å². The molecule has 0 aromatic heterocycles. The lowest BCUT2D eigenvalue weighted by atomic mass is 9.85. The highest BCUT2D eigenvalue weighted by atomic mass is 32.2. The normalized spacial score (nSPS) is 12.0. The molecule has 2 aromatic carbocycles. The van der Waals surface area contributed by atoms with Crippen LogP contribution in [-0.4, -0.2) is 19.4 Å². The van der Waals surface area contributed by atoms with Gasteiger partial charge in [-0.25, -0.2) is 8.42 Å². The molecule has 140 valence electrons. The number of carbonyl (C=O) groups excluding carboxylic acids is 1. The number of phenols is 1. The third-order valence-corrected chi connectivity index (χ3v) is 5.59. The van der Waals surface area contributed by atoms with E-state index in [1.165, 1.54) is 12.1 Å². The quantitative estimate of drug-likeness (QED) is 0.715. The Labute approximate surface area is 154 Å². The number of para-hydroxylation sites is 1. The van der Waals surface area contributed by atoms with E-state index in [4.69, 9.17) is 0 Å². The van der Waals surface area contributed by atoms with Gasteiger partial charge in [0.2, 0.25) is 0 Å². The van der Waals surface area contributed by atoms with Gasteiger partial charge in [-0.05, 0) is 48.1 Å². The van der Waals surface area contributed by atoms with E-state index in [0.717, 1.165) is 5.56 Å². The fourth-order valence-corrected chi connectivity index (χ4v) is 4.00. The lowest BCUT2D eigenvalue weighted by Crippen LogP contribution is -2.42.